The molecule has 0 aliphatic rings. The van der Waals surface area contributed by atoms with Gasteiger partial charge in [0.2, 0.25) is 5.91 Å². The number of aryl methyl sites for hydroxylation is 1. The Morgan fingerprint density at radius 1 is 1.50 bits per heavy atom. The molecule has 2 rings (SSSR count). The second-order valence-electron chi connectivity index (χ2n) is 4.33. The molecule has 0 aliphatic heterocycles. The standard InChI is InChI=1S/C13H17N5O.ClH/c1-3-11(14)13(19)16-10-6-4-5-9(7-10)12-15-8(2)17-18-12;/h4-7,11H,3,14H2,1-2H3,(H,16,19)(H,15,17,18);1H/t11-;/m0./s1. The molecule has 0 bridgehead atoms. The maximum absolute atomic E-state index is 11.7. The van der Waals surface area contributed by atoms with Crippen molar-refractivity contribution >= 4 is 24.0 Å². The minimum Gasteiger partial charge on any atom is -0.325 e. The second-order valence-corrected chi connectivity index (χ2v) is 4.33. The first-order chi connectivity index (χ1) is 9.10. The fourth-order valence-electron chi connectivity index (χ4n) is 1.63. The molecule has 1 atom stereocenters. The third-order valence-electron chi connectivity index (χ3n) is 2.76. The fourth-order valence-corrected chi connectivity index (χ4v) is 1.63. The summed E-state index contributed by atoms with van der Waals surface area (Å²) in [5, 5.41) is 9.65. The minimum absolute atomic E-state index is 0. The normalized spacial score (nSPS) is 11.6. The third kappa shape index (κ3) is 3.79. The smallest absolute Gasteiger partial charge is 0.241 e. The van der Waals surface area contributed by atoms with Crippen molar-refractivity contribution in [1.82, 2.24) is 15.2 Å². The largest absolute Gasteiger partial charge is 0.325 e. The quantitative estimate of drug-likeness (QED) is 0.802. The average Bonchev–Trinajstić information content (AvgIpc) is 2.84. The lowest BCUT2D eigenvalue weighted by Crippen LogP contribution is -2.34. The van der Waals surface area contributed by atoms with Crippen LogP contribution in [-0.4, -0.2) is 27.1 Å². The SMILES string of the molecule is CC[C@H](N)C(=O)Nc1cccc(-c2n[nH]c(C)n2)c1.Cl. The number of halogens is 1. The molecule has 1 amide bonds. The van der Waals surface area contributed by atoms with Crippen LogP contribution in [0, 0.1) is 6.92 Å². The number of hydrogen-bond donors (Lipinski definition) is 3. The summed E-state index contributed by atoms with van der Waals surface area (Å²) < 4.78 is 0. The number of nitrogens with two attached hydrogens (primary N) is 1. The molecule has 0 spiro atoms. The molecular weight excluding hydrogens is 278 g/mol. The van der Waals surface area contributed by atoms with Crippen molar-refractivity contribution < 1.29 is 4.79 Å². The summed E-state index contributed by atoms with van der Waals surface area (Å²) in [4.78, 5) is 16.0. The number of hydrogen-bond acceptors (Lipinski definition) is 4. The third-order valence-corrected chi connectivity index (χ3v) is 2.76. The van der Waals surface area contributed by atoms with E-state index in [1.165, 1.54) is 0 Å². The van der Waals surface area contributed by atoms with Gasteiger partial charge in [-0.3, -0.25) is 9.89 Å². The molecule has 7 heteroatoms. The molecule has 0 saturated heterocycles. The zero-order valence-corrected chi connectivity index (χ0v) is 12.2. The van der Waals surface area contributed by atoms with Crippen molar-refractivity contribution in [3.05, 3.63) is 30.1 Å². The topological polar surface area (TPSA) is 96.7 Å². The van der Waals surface area contributed by atoms with E-state index < -0.39 is 6.04 Å². The summed E-state index contributed by atoms with van der Waals surface area (Å²) in [6, 6.07) is 6.87. The number of carbonyl (C=O) groups excluding carboxylic acids is 1. The van der Waals surface area contributed by atoms with Gasteiger partial charge < -0.3 is 11.1 Å². The number of carbonyl (C=O) groups is 1. The summed E-state index contributed by atoms with van der Waals surface area (Å²) in [6.45, 7) is 3.71. The van der Waals surface area contributed by atoms with Gasteiger partial charge in [-0.1, -0.05) is 19.1 Å². The van der Waals surface area contributed by atoms with Gasteiger partial charge in [-0.05, 0) is 25.5 Å². The molecule has 0 unspecified atom stereocenters. The van der Waals surface area contributed by atoms with E-state index in [0.29, 0.717) is 17.9 Å². The molecule has 6 nitrogen and oxygen atoms in total. The molecule has 1 heterocycles. The maximum atomic E-state index is 11.7. The Morgan fingerprint density at radius 3 is 2.85 bits per heavy atom. The van der Waals surface area contributed by atoms with Crippen LogP contribution < -0.4 is 11.1 Å². The average molecular weight is 296 g/mol. The van der Waals surface area contributed by atoms with Gasteiger partial charge in [0.15, 0.2) is 5.82 Å². The summed E-state index contributed by atoms with van der Waals surface area (Å²) in [5.41, 5.74) is 7.20. The number of anilines is 1. The summed E-state index contributed by atoms with van der Waals surface area (Å²) >= 11 is 0. The molecule has 0 fully saturated rings. The zero-order valence-electron chi connectivity index (χ0n) is 11.4. The van der Waals surface area contributed by atoms with Crippen LogP contribution in [0.2, 0.25) is 0 Å². The lowest BCUT2D eigenvalue weighted by molar-refractivity contribution is -0.117. The van der Waals surface area contributed by atoms with Crippen molar-refractivity contribution in [2.75, 3.05) is 5.32 Å². The number of nitrogens with zero attached hydrogens (tertiary/aromatic N) is 2. The lowest BCUT2D eigenvalue weighted by Gasteiger charge is -2.10. The molecule has 4 N–H and O–H groups in total. The Morgan fingerprint density at radius 2 is 2.25 bits per heavy atom. The minimum atomic E-state index is -0.491. The van der Waals surface area contributed by atoms with Gasteiger partial charge in [0.25, 0.3) is 0 Å². The Balaban J connectivity index is 0.00000200. The van der Waals surface area contributed by atoms with Crippen LogP contribution in [0.25, 0.3) is 11.4 Å². The summed E-state index contributed by atoms with van der Waals surface area (Å²) in [6.07, 6.45) is 0.603. The first-order valence-corrected chi connectivity index (χ1v) is 6.16. The molecule has 1 aromatic carbocycles. The number of rotatable bonds is 4. The van der Waals surface area contributed by atoms with Crippen LogP contribution in [0.5, 0.6) is 0 Å². The highest BCUT2D eigenvalue weighted by molar-refractivity contribution is 5.95. The summed E-state index contributed by atoms with van der Waals surface area (Å²) in [7, 11) is 0. The first kappa shape index (κ1) is 16.1. The molecule has 0 aliphatic carbocycles. The van der Waals surface area contributed by atoms with E-state index in [1.807, 2.05) is 38.1 Å². The van der Waals surface area contributed by atoms with Crippen molar-refractivity contribution in [1.29, 1.82) is 0 Å². The number of amides is 1. The molecule has 1 aromatic heterocycles. The highest BCUT2D eigenvalue weighted by atomic mass is 35.5. The Bertz CT molecular complexity index is 584. The van der Waals surface area contributed by atoms with E-state index in [1.54, 1.807) is 0 Å². The predicted octanol–water partition coefficient (Wildman–Crippen LogP) is 1.88. The maximum Gasteiger partial charge on any atom is 0.241 e. The van der Waals surface area contributed by atoms with Crippen LogP contribution in [-0.2, 0) is 4.79 Å². The highest BCUT2D eigenvalue weighted by Crippen LogP contribution is 2.19. The molecule has 20 heavy (non-hydrogen) atoms. The van der Waals surface area contributed by atoms with Gasteiger partial charge in [-0.15, -0.1) is 12.4 Å². The second kappa shape index (κ2) is 7.02. The van der Waals surface area contributed by atoms with E-state index in [2.05, 4.69) is 20.5 Å². The predicted molar refractivity (Wildman–Crippen MR) is 80.7 cm³/mol. The van der Waals surface area contributed by atoms with E-state index in [0.717, 1.165) is 11.4 Å². The first-order valence-electron chi connectivity index (χ1n) is 6.16. The van der Waals surface area contributed by atoms with Crippen molar-refractivity contribution in [2.24, 2.45) is 5.73 Å². The fraction of sp³-hybridized carbons (Fsp3) is 0.308. The van der Waals surface area contributed by atoms with Crippen LogP contribution >= 0.6 is 12.4 Å². The Hall–Kier alpha value is -1.92. The number of aromatic amines is 1. The summed E-state index contributed by atoms with van der Waals surface area (Å²) in [5.74, 6) is 1.16. The molecule has 0 saturated carbocycles. The van der Waals surface area contributed by atoms with Crippen LogP contribution in [0.4, 0.5) is 5.69 Å². The monoisotopic (exact) mass is 295 g/mol. The van der Waals surface area contributed by atoms with Gasteiger partial charge in [0.1, 0.15) is 5.82 Å². The van der Waals surface area contributed by atoms with Crippen molar-refractivity contribution in [3.8, 4) is 11.4 Å². The van der Waals surface area contributed by atoms with E-state index >= 15 is 0 Å². The van der Waals surface area contributed by atoms with Crippen molar-refractivity contribution in [3.63, 3.8) is 0 Å². The van der Waals surface area contributed by atoms with Gasteiger partial charge in [-0.2, -0.15) is 5.10 Å². The van der Waals surface area contributed by atoms with Gasteiger partial charge in [-0.25, -0.2) is 4.98 Å². The molecule has 0 radical (unpaired) electrons. The zero-order chi connectivity index (χ0) is 13.8. The number of benzene rings is 1. The number of H-pyrrole nitrogens is 1. The van der Waals surface area contributed by atoms with Crippen LogP contribution in [0.1, 0.15) is 19.2 Å². The molecule has 2 aromatic rings. The highest BCUT2D eigenvalue weighted by Gasteiger charge is 2.11. The molecule has 108 valence electrons. The van der Waals surface area contributed by atoms with E-state index in [-0.39, 0.29) is 18.3 Å². The Kier molecular flexibility index (Phi) is 5.66. The van der Waals surface area contributed by atoms with Crippen molar-refractivity contribution in [2.45, 2.75) is 26.3 Å². The van der Waals surface area contributed by atoms with Gasteiger partial charge >= 0.3 is 0 Å². The van der Waals surface area contributed by atoms with E-state index in [4.69, 9.17) is 5.73 Å². The van der Waals surface area contributed by atoms with Crippen LogP contribution in [0.3, 0.4) is 0 Å². The molecular formula is C13H18ClN5O. The number of aromatic nitrogens is 3. The van der Waals surface area contributed by atoms with Crippen LogP contribution in [0.15, 0.2) is 24.3 Å². The van der Waals surface area contributed by atoms with Gasteiger partial charge in [0, 0.05) is 11.3 Å². The Labute approximate surface area is 123 Å². The van der Waals surface area contributed by atoms with E-state index in [9.17, 15) is 4.79 Å². The lowest BCUT2D eigenvalue weighted by atomic mass is 10.1. The van der Waals surface area contributed by atoms with Gasteiger partial charge in [0.05, 0.1) is 6.04 Å². The number of nitrogens with one attached hydrogen (secondary N) is 2.